The Labute approximate surface area is 185 Å². The van der Waals surface area contributed by atoms with Crippen molar-refractivity contribution >= 4 is 11.8 Å². The molecule has 1 saturated carbocycles. The zero-order valence-corrected chi connectivity index (χ0v) is 18.7. The molecule has 2 amide bonds. The van der Waals surface area contributed by atoms with Gasteiger partial charge in [-0.15, -0.1) is 0 Å². The van der Waals surface area contributed by atoms with Crippen molar-refractivity contribution in [2.45, 2.75) is 70.5 Å². The topological polar surface area (TPSA) is 58.6 Å². The highest BCUT2D eigenvalue weighted by Gasteiger charge is 2.28. The average molecular weight is 423 g/mol. The monoisotopic (exact) mass is 422 g/mol. The van der Waals surface area contributed by atoms with Gasteiger partial charge in [-0.1, -0.05) is 61.7 Å². The minimum absolute atomic E-state index is 0.0158. The van der Waals surface area contributed by atoms with Crippen LogP contribution >= 0.6 is 0 Å². The van der Waals surface area contributed by atoms with Crippen LogP contribution in [0.2, 0.25) is 0 Å². The van der Waals surface area contributed by atoms with Crippen molar-refractivity contribution in [2.75, 3.05) is 7.11 Å². The molecule has 0 saturated heterocycles. The smallest absolute Gasteiger partial charge is 0.242 e. The van der Waals surface area contributed by atoms with Crippen LogP contribution in [-0.4, -0.2) is 35.9 Å². The van der Waals surface area contributed by atoms with Crippen molar-refractivity contribution in [3.63, 3.8) is 0 Å². The van der Waals surface area contributed by atoms with E-state index < -0.39 is 6.04 Å². The lowest BCUT2D eigenvalue weighted by atomic mass is 9.95. The maximum absolute atomic E-state index is 13.2. The third-order valence-electron chi connectivity index (χ3n) is 6.08. The molecule has 1 N–H and O–H groups in total. The molecular weight excluding hydrogens is 388 g/mol. The Morgan fingerprint density at radius 1 is 1.03 bits per heavy atom. The zero-order chi connectivity index (χ0) is 22.1. The van der Waals surface area contributed by atoms with Crippen molar-refractivity contribution in [3.05, 3.63) is 65.7 Å². The van der Waals surface area contributed by atoms with Gasteiger partial charge in [-0.3, -0.25) is 9.59 Å². The molecule has 2 aromatic carbocycles. The number of nitrogens with one attached hydrogen (secondary N) is 1. The normalized spacial score (nSPS) is 15.2. The van der Waals surface area contributed by atoms with Crippen molar-refractivity contribution in [3.8, 4) is 5.75 Å². The van der Waals surface area contributed by atoms with Gasteiger partial charge in [-0.05, 0) is 49.4 Å². The number of aryl methyl sites for hydroxylation is 1. The molecule has 1 atom stereocenters. The molecule has 1 fully saturated rings. The fourth-order valence-corrected chi connectivity index (χ4v) is 4.16. The first-order valence-corrected chi connectivity index (χ1v) is 11.3. The maximum atomic E-state index is 13.2. The van der Waals surface area contributed by atoms with Gasteiger partial charge in [0, 0.05) is 19.0 Å². The second-order valence-corrected chi connectivity index (χ2v) is 8.38. The molecule has 1 aliphatic carbocycles. The minimum Gasteiger partial charge on any atom is -0.497 e. The maximum Gasteiger partial charge on any atom is 0.242 e. The third-order valence-corrected chi connectivity index (χ3v) is 6.08. The molecule has 0 spiro atoms. The predicted octanol–water partition coefficient (Wildman–Crippen LogP) is 4.49. The van der Waals surface area contributed by atoms with E-state index in [1.807, 2.05) is 61.5 Å². The summed E-state index contributed by atoms with van der Waals surface area (Å²) >= 11 is 0. The number of amides is 2. The molecule has 0 radical (unpaired) electrons. The number of hydrogen-bond acceptors (Lipinski definition) is 3. The van der Waals surface area contributed by atoms with E-state index in [-0.39, 0.29) is 17.9 Å². The number of methoxy groups -OCH3 is 1. The van der Waals surface area contributed by atoms with Crippen LogP contribution in [-0.2, 0) is 22.6 Å². The van der Waals surface area contributed by atoms with Crippen molar-refractivity contribution in [1.29, 1.82) is 0 Å². The average Bonchev–Trinajstić information content (AvgIpc) is 2.82. The summed E-state index contributed by atoms with van der Waals surface area (Å²) < 4.78 is 5.33. The van der Waals surface area contributed by atoms with Crippen molar-refractivity contribution in [1.82, 2.24) is 10.2 Å². The summed E-state index contributed by atoms with van der Waals surface area (Å²) in [5.41, 5.74) is 2.07. The first kappa shape index (κ1) is 22.9. The van der Waals surface area contributed by atoms with Crippen LogP contribution in [0.1, 0.15) is 56.6 Å². The van der Waals surface area contributed by atoms with Crippen LogP contribution in [0.25, 0.3) is 0 Å². The van der Waals surface area contributed by atoms with Gasteiger partial charge < -0.3 is 15.0 Å². The second-order valence-electron chi connectivity index (χ2n) is 8.38. The fourth-order valence-electron chi connectivity index (χ4n) is 4.16. The summed E-state index contributed by atoms with van der Waals surface area (Å²) in [7, 11) is 1.63. The fraction of sp³-hybridized carbons (Fsp3) is 0.462. The van der Waals surface area contributed by atoms with Crippen molar-refractivity contribution < 1.29 is 14.3 Å². The number of nitrogens with zero attached hydrogens (tertiary/aromatic N) is 1. The molecule has 1 aliphatic rings. The highest BCUT2D eigenvalue weighted by atomic mass is 16.5. The number of carbonyl (C=O) groups excluding carboxylic acids is 2. The highest BCUT2D eigenvalue weighted by molar-refractivity contribution is 5.87. The SMILES string of the molecule is COc1cccc(CN(C(=O)CCc2ccccc2)C(C)C(=O)NC2CCCCC2)c1. The Hall–Kier alpha value is -2.82. The van der Waals surface area contributed by atoms with Gasteiger partial charge in [0.1, 0.15) is 11.8 Å². The lowest BCUT2D eigenvalue weighted by Gasteiger charge is -2.31. The second kappa shape index (κ2) is 11.5. The molecule has 1 unspecified atom stereocenters. The van der Waals surface area contributed by atoms with Crippen LogP contribution in [0, 0.1) is 0 Å². The van der Waals surface area contributed by atoms with Crippen LogP contribution in [0.4, 0.5) is 0 Å². The Morgan fingerprint density at radius 3 is 2.45 bits per heavy atom. The molecule has 31 heavy (non-hydrogen) atoms. The highest BCUT2D eigenvalue weighted by Crippen LogP contribution is 2.20. The Kier molecular flexibility index (Phi) is 8.51. The summed E-state index contributed by atoms with van der Waals surface area (Å²) in [5, 5.41) is 3.18. The number of rotatable bonds is 9. The van der Waals surface area contributed by atoms with E-state index in [9.17, 15) is 9.59 Å². The molecular formula is C26H34N2O3. The van der Waals surface area contributed by atoms with E-state index in [4.69, 9.17) is 4.74 Å². The minimum atomic E-state index is -0.531. The molecule has 5 nitrogen and oxygen atoms in total. The summed E-state index contributed by atoms with van der Waals surface area (Å²) in [4.78, 5) is 27.9. The molecule has 0 heterocycles. The quantitative estimate of drug-likeness (QED) is 0.648. The zero-order valence-electron chi connectivity index (χ0n) is 18.7. The van der Waals surface area contributed by atoms with Gasteiger partial charge in [-0.2, -0.15) is 0 Å². The summed E-state index contributed by atoms with van der Waals surface area (Å²) in [6.45, 7) is 2.21. The molecule has 5 heteroatoms. The Balaban J connectivity index is 1.71. The molecule has 3 rings (SSSR count). The first-order valence-electron chi connectivity index (χ1n) is 11.3. The van der Waals surface area contributed by atoms with E-state index in [1.54, 1.807) is 12.0 Å². The standard InChI is InChI=1S/C26H34N2O3/c1-20(26(30)27-23-13-7-4-8-14-23)28(19-22-12-9-15-24(18-22)31-2)25(29)17-16-21-10-5-3-6-11-21/h3,5-6,9-12,15,18,20,23H,4,7-8,13-14,16-17,19H2,1-2H3,(H,27,30). The number of ether oxygens (including phenoxy) is 1. The van der Waals surface area contributed by atoms with Gasteiger partial charge in [0.25, 0.3) is 0 Å². The van der Waals surface area contributed by atoms with Crippen molar-refractivity contribution in [2.24, 2.45) is 0 Å². The van der Waals surface area contributed by atoms with Crippen LogP contribution in [0.3, 0.4) is 0 Å². The van der Waals surface area contributed by atoms with Crippen LogP contribution < -0.4 is 10.1 Å². The van der Waals surface area contributed by atoms with Gasteiger partial charge in [0.05, 0.1) is 7.11 Å². The summed E-state index contributed by atoms with van der Waals surface area (Å²) in [5.74, 6) is 0.661. The number of carbonyl (C=O) groups is 2. The van der Waals surface area contributed by atoms with Gasteiger partial charge >= 0.3 is 0 Å². The van der Waals surface area contributed by atoms with Crippen LogP contribution in [0.5, 0.6) is 5.75 Å². The van der Waals surface area contributed by atoms with E-state index >= 15 is 0 Å². The van der Waals surface area contributed by atoms with Gasteiger partial charge in [0.15, 0.2) is 0 Å². The van der Waals surface area contributed by atoms with E-state index in [0.29, 0.717) is 19.4 Å². The molecule has 166 valence electrons. The Morgan fingerprint density at radius 2 is 1.74 bits per heavy atom. The third kappa shape index (κ3) is 6.84. The summed E-state index contributed by atoms with van der Waals surface area (Å²) in [6.07, 6.45) is 6.63. The van der Waals surface area contributed by atoms with Gasteiger partial charge in [-0.25, -0.2) is 0 Å². The van der Waals surface area contributed by atoms with Crippen LogP contribution in [0.15, 0.2) is 54.6 Å². The van der Waals surface area contributed by atoms with Gasteiger partial charge in [0.2, 0.25) is 11.8 Å². The lowest BCUT2D eigenvalue weighted by Crippen LogP contribution is -2.50. The Bertz CT molecular complexity index is 847. The summed E-state index contributed by atoms with van der Waals surface area (Å²) in [6, 6.07) is 17.4. The van der Waals surface area contributed by atoms with E-state index in [1.165, 1.54) is 6.42 Å². The predicted molar refractivity (Wildman–Crippen MR) is 123 cm³/mol. The first-order chi connectivity index (χ1) is 15.1. The molecule has 0 aliphatic heterocycles. The molecule has 2 aromatic rings. The van der Waals surface area contributed by atoms with E-state index in [0.717, 1.165) is 42.6 Å². The lowest BCUT2D eigenvalue weighted by molar-refractivity contribution is -0.141. The largest absolute Gasteiger partial charge is 0.497 e. The molecule has 0 bridgehead atoms. The molecule has 0 aromatic heterocycles. The number of benzene rings is 2. The van der Waals surface area contributed by atoms with E-state index in [2.05, 4.69) is 5.32 Å². The number of hydrogen-bond donors (Lipinski definition) is 1.